The van der Waals surface area contributed by atoms with E-state index in [-0.39, 0.29) is 16.6 Å². The average molecular weight is 536 g/mol. The van der Waals surface area contributed by atoms with Crippen molar-refractivity contribution in [1.29, 1.82) is 0 Å². The lowest BCUT2D eigenvalue weighted by molar-refractivity contribution is 0.0955. The van der Waals surface area contributed by atoms with Gasteiger partial charge in [-0.2, -0.15) is 13.5 Å². The van der Waals surface area contributed by atoms with Crippen molar-refractivity contribution >= 4 is 44.8 Å². The average Bonchev–Trinajstić information content (AvgIpc) is 2.74. The van der Waals surface area contributed by atoms with Gasteiger partial charge in [-0.05, 0) is 94.9 Å². The normalized spacial score (nSPS) is 11.3. The van der Waals surface area contributed by atoms with Gasteiger partial charge in [-0.3, -0.25) is 4.79 Å². The third-order valence-corrected chi connectivity index (χ3v) is 5.83. The molecule has 1 amide bonds. The maximum atomic E-state index is 12.4. The summed E-state index contributed by atoms with van der Waals surface area (Å²) in [5.74, 6) is 0.382. The van der Waals surface area contributed by atoms with E-state index in [1.165, 1.54) is 37.6 Å². The molecule has 7 nitrogen and oxygen atoms in total. The van der Waals surface area contributed by atoms with E-state index in [1.807, 2.05) is 6.07 Å². The highest BCUT2D eigenvalue weighted by Crippen LogP contribution is 2.21. The van der Waals surface area contributed by atoms with Crippen LogP contribution in [0.25, 0.3) is 0 Å². The van der Waals surface area contributed by atoms with Crippen LogP contribution in [0, 0.1) is 3.57 Å². The summed E-state index contributed by atoms with van der Waals surface area (Å²) in [7, 11) is -2.46. The number of nitrogens with one attached hydrogen (secondary N) is 1. The second-order valence-electron chi connectivity index (χ2n) is 5.99. The first-order chi connectivity index (χ1) is 14.4. The molecular formula is C21H17IN2O5S. The van der Waals surface area contributed by atoms with E-state index >= 15 is 0 Å². The number of rotatable bonds is 7. The van der Waals surface area contributed by atoms with Gasteiger partial charge in [-0.1, -0.05) is 6.07 Å². The second-order valence-corrected chi connectivity index (χ2v) is 8.78. The minimum Gasteiger partial charge on any atom is -0.497 e. The maximum absolute atomic E-state index is 12.4. The summed E-state index contributed by atoms with van der Waals surface area (Å²) < 4.78 is 35.8. The number of benzene rings is 3. The fourth-order valence-corrected chi connectivity index (χ4v) is 3.86. The molecule has 0 fully saturated rings. The number of hydrogen-bond acceptors (Lipinski definition) is 6. The van der Waals surface area contributed by atoms with Crippen molar-refractivity contribution in [2.24, 2.45) is 5.10 Å². The zero-order valence-electron chi connectivity index (χ0n) is 15.8. The van der Waals surface area contributed by atoms with E-state index in [2.05, 4.69) is 33.1 Å². The maximum Gasteiger partial charge on any atom is 0.339 e. The highest BCUT2D eigenvalue weighted by atomic mass is 127. The first-order valence-corrected chi connectivity index (χ1v) is 11.1. The first-order valence-electron chi connectivity index (χ1n) is 8.65. The summed E-state index contributed by atoms with van der Waals surface area (Å²) in [5.41, 5.74) is 3.61. The number of hydrazone groups is 1. The molecular weight excluding hydrogens is 519 g/mol. The Bertz CT molecular complexity index is 1160. The van der Waals surface area contributed by atoms with Gasteiger partial charge < -0.3 is 8.92 Å². The van der Waals surface area contributed by atoms with Crippen molar-refractivity contribution in [2.45, 2.75) is 4.90 Å². The van der Waals surface area contributed by atoms with E-state index < -0.39 is 10.1 Å². The molecule has 3 aromatic carbocycles. The lowest BCUT2D eigenvalue weighted by Gasteiger charge is -2.08. The van der Waals surface area contributed by atoms with Crippen LogP contribution in [0.5, 0.6) is 11.5 Å². The van der Waals surface area contributed by atoms with Crippen LogP contribution >= 0.6 is 22.6 Å². The molecule has 0 saturated heterocycles. The molecule has 1 N–H and O–H groups in total. The van der Waals surface area contributed by atoms with Gasteiger partial charge in [0.2, 0.25) is 0 Å². The third-order valence-electron chi connectivity index (χ3n) is 3.90. The van der Waals surface area contributed by atoms with Crippen LogP contribution in [-0.4, -0.2) is 27.6 Å². The van der Waals surface area contributed by atoms with Crippen molar-refractivity contribution in [3.8, 4) is 11.5 Å². The summed E-state index contributed by atoms with van der Waals surface area (Å²) in [5, 5.41) is 3.92. The lowest BCUT2D eigenvalue weighted by Crippen LogP contribution is -2.17. The fourth-order valence-electron chi connectivity index (χ4n) is 2.39. The Morgan fingerprint density at radius 2 is 1.67 bits per heavy atom. The van der Waals surface area contributed by atoms with Crippen LogP contribution in [0.3, 0.4) is 0 Å². The van der Waals surface area contributed by atoms with Gasteiger partial charge in [0.25, 0.3) is 5.91 Å². The molecule has 0 atom stereocenters. The third kappa shape index (κ3) is 5.80. The van der Waals surface area contributed by atoms with Crippen LogP contribution in [-0.2, 0) is 10.1 Å². The van der Waals surface area contributed by atoms with Crippen LogP contribution in [0.15, 0.2) is 82.8 Å². The molecule has 0 spiro atoms. The molecule has 0 aliphatic carbocycles. The summed E-state index contributed by atoms with van der Waals surface area (Å²) in [6.45, 7) is 0. The molecule has 0 bridgehead atoms. The molecule has 9 heteroatoms. The largest absolute Gasteiger partial charge is 0.497 e. The van der Waals surface area contributed by atoms with Crippen LogP contribution in [0.2, 0.25) is 0 Å². The van der Waals surface area contributed by atoms with Crippen LogP contribution in [0.1, 0.15) is 15.9 Å². The van der Waals surface area contributed by atoms with Crippen LogP contribution in [0.4, 0.5) is 0 Å². The van der Waals surface area contributed by atoms with Gasteiger partial charge in [0.05, 0.1) is 13.3 Å². The van der Waals surface area contributed by atoms with Crippen molar-refractivity contribution < 1.29 is 22.1 Å². The van der Waals surface area contributed by atoms with Crippen molar-refractivity contribution in [1.82, 2.24) is 5.43 Å². The van der Waals surface area contributed by atoms with E-state index in [4.69, 9.17) is 8.92 Å². The smallest absolute Gasteiger partial charge is 0.339 e. The summed E-state index contributed by atoms with van der Waals surface area (Å²) in [6, 6.07) is 19.3. The Morgan fingerprint density at radius 3 is 2.30 bits per heavy atom. The molecule has 154 valence electrons. The zero-order chi connectivity index (χ0) is 21.6. The molecule has 3 aromatic rings. The Balaban J connectivity index is 1.61. The number of ether oxygens (including phenoxy) is 1. The predicted octanol–water partition coefficient (Wildman–Crippen LogP) is 3.83. The first kappa shape index (κ1) is 21.8. The monoisotopic (exact) mass is 536 g/mol. The van der Waals surface area contributed by atoms with E-state index in [1.54, 1.807) is 42.5 Å². The predicted molar refractivity (Wildman–Crippen MR) is 121 cm³/mol. The van der Waals surface area contributed by atoms with Gasteiger partial charge in [0, 0.05) is 9.13 Å². The number of halogens is 1. The van der Waals surface area contributed by atoms with Crippen molar-refractivity contribution in [2.75, 3.05) is 7.11 Å². The molecule has 0 unspecified atom stereocenters. The molecule has 3 rings (SSSR count). The molecule has 0 saturated carbocycles. The zero-order valence-corrected chi connectivity index (χ0v) is 18.8. The summed E-state index contributed by atoms with van der Waals surface area (Å²) >= 11 is 2.13. The fraction of sp³-hybridized carbons (Fsp3) is 0.0476. The van der Waals surface area contributed by atoms with Gasteiger partial charge >= 0.3 is 10.1 Å². The number of methoxy groups -OCH3 is 1. The number of nitrogens with zero attached hydrogens (tertiary/aromatic N) is 1. The highest BCUT2D eigenvalue weighted by Gasteiger charge is 2.16. The van der Waals surface area contributed by atoms with E-state index in [0.717, 1.165) is 3.57 Å². The Morgan fingerprint density at radius 1 is 1.00 bits per heavy atom. The highest BCUT2D eigenvalue weighted by molar-refractivity contribution is 14.1. The van der Waals surface area contributed by atoms with Crippen molar-refractivity contribution in [3.05, 3.63) is 87.5 Å². The summed E-state index contributed by atoms with van der Waals surface area (Å²) in [6.07, 6.45) is 1.45. The molecule has 0 aromatic heterocycles. The molecule has 0 radical (unpaired) electrons. The van der Waals surface area contributed by atoms with Gasteiger partial charge in [0.1, 0.15) is 16.4 Å². The minimum atomic E-state index is -3.96. The molecule has 30 heavy (non-hydrogen) atoms. The van der Waals surface area contributed by atoms with Gasteiger partial charge in [-0.25, -0.2) is 5.43 Å². The van der Waals surface area contributed by atoms with E-state index in [0.29, 0.717) is 16.9 Å². The van der Waals surface area contributed by atoms with E-state index in [9.17, 15) is 13.2 Å². The van der Waals surface area contributed by atoms with Gasteiger partial charge in [0.15, 0.2) is 0 Å². The van der Waals surface area contributed by atoms with Crippen molar-refractivity contribution in [3.63, 3.8) is 0 Å². The molecule has 0 aliphatic heterocycles. The molecule has 0 heterocycles. The minimum absolute atomic E-state index is 0.0206. The number of carbonyl (C=O) groups excluding carboxylic acids is 1. The lowest BCUT2D eigenvalue weighted by atomic mass is 10.2. The molecule has 0 aliphatic rings. The SMILES string of the molecule is COc1ccc(S(=O)(=O)Oc2ccc(/C=N\NC(=O)c3cccc(I)c3)cc2)cc1. The van der Waals surface area contributed by atoms with Crippen LogP contribution < -0.4 is 14.3 Å². The number of carbonyl (C=O) groups is 1. The number of hydrogen-bond donors (Lipinski definition) is 1. The Labute approximate surface area is 188 Å². The quantitative estimate of drug-likeness (QED) is 0.215. The Hall–Kier alpha value is -2.92. The standard InChI is InChI=1S/C21H17IN2O5S/c1-28-18-9-11-20(12-10-18)30(26,27)29-19-7-5-15(6-8-19)14-23-24-21(25)16-3-2-4-17(22)13-16/h2-14H,1H3,(H,24,25)/b23-14-. The Kier molecular flexibility index (Phi) is 7.06. The van der Waals surface area contributed by atoms with Gasteiger partial charge in [-0.15, -0.1) is 0 Å². The second kappa shape index (κ2) is 9.72. The summed E-state index contributed by atoms with van der Waals surface area (Å²) in [4.78, 5) is 12.1. The number of amides is 1. The topological polar surface area (TPSA) is 94.1 Å².